The van der Waals surface area contributed by atoms with Gasteiger partial charge in [0.1, 0.15) is 0 Å². The Morgan fingerprint density at radius 1 is 1.11 bits per heavy atom. The standard InChI is InChI=1S/C23H26N2O2/c1-15(2)19-9-6-7-16(3)22(19)25-14-18(13-21(25)26)23(27)24-12-11-17-8-4-5-10-20(17)24/h4-10,15,18H,11-14H2,1-3H3. The Morgan fingerprint density at radius 2 is 1.89 bits per heavy atom. The number of anilines is 2. The molecule has 0 bridgehead atoms. The molecule has 2 aromatic carbocycles. The molecule has 2 amide bonds. The molecule has 0 aliphatic carbocycles. The van der Waals surface area contributed by atoms with E-state index in [1.165, 1.54) is 11.1 Å². The molecule has 2 aromatic rings. The molecule has 4 rings (SSSR count). The summed E-state index contributed by atoms with van der Waals surface area (Å²) in [5.74, 6) is 0.184. The lowest BCUT2D eigenvalue weighted by Gasteiger charge is -2.25. The minimum Gasteiger partial charge on any atom is -0.312 e. The Bertz CT molecular complexity index is 903. The molecule has 4 nitrogen and oxygen atoms in total. The molecule has 1 fully saturated rings. The fourth-order valence-corrected chi connectivity index (χ4v) is 4.39. The molecule has 140 valence electrons. The van der Waals surface area contributed by atoms with Crippen LogP contribution in [0.25, 0.3) is 0 Å². The average molecular weight is 362 g/mol. The molecule has 1 atom stereocenters. The first-order valence-corrected chi connectivity index (χ1v) is 9.76. The largest absolute Gasteiger partial charge is 0.312 e. The molecule has 0 aromatic heterocycles. The monoisotopic (exact) mass is 362 g/mol. The van der Waals surface area contributed by atoms with Gasteiger partial charge in [-0.05, 0) is 42.0 Å². The molecule has 1 saturated heterocycles. The van der Waals surface area contributed by atoms with Crippen molar-refractivity contribution in [3.63, 3.8) is 0 Å². The summed E-state index contributed by atoms with van der Waals surface area (Å²) in [6, 6.07) is 14.2. The lowest BCUT2D eigenvalue weighted by atomic mass is 9.97. The van der Waals surface area contributed by atoms with Crippen LogP contribution in [0, 0.1) is 12.8 Å². The second-order valence-corrected chi connectivity index (χ2v) is 7.94. The summed E-state index contributed by atoms with van der Waals surface area (Å²) in [5.41, 5.74) is 5.48. The third-order valence-electron chi connectivity index (χ3n) is 5.79. The molecule has 0 saturated carbocycles. The van der Waals surface area contributed by atoms with Crippen molar-refractivity contribution in [1.29, 1.82) is 0 Å². The maximum atomic E-state index is 13.2. The first-order valence-electron chi connectivity index (χ1n) is 9.76. The van der Waals surface area contributed by atoms with Crippen LogP contribution < -0.4 is 9.80 Å². The number of para-hydroxylation sites is 2. The van der Waals surface area contributed by atoms with Crippen molar-refractivity contribution in [3.05, 3.63) is 59.2 Å². The van der Waals surface area contributed by atoms with E-state index in [0.29, 0.717) is 25.4 Å². The smallest absolute Gasteiger partial charge is 0.232 e. The van der Waals surface area contributed by atoms with Gasteiger partial charge in [-0.3, -0.25) is 9.59 Å². The van der Waals surface area contributed by atoms with Crippen molar-refractivity contribution >= 4 is 23.2 Å². The van der Waals surface area contributed by atoms with Crippen molar-refractivity contribution in [1.82, 2.24) is 0 Å². The predicted octanol–water partition coefficient (Wildman–Crippen LogP) is 4.06. The third kappa shape index (κ3) is 3.03. The molecule has 2 aliphatic rings. The van der Waals surface area contributed by atoms with E-state index in [-0.39, 0.29) is 17.7 Å². The number of hydrogen-bond donors (Lipinski definition) is 0. The second kappa shape index (κ2) is 6.84. The number of carbonyl (C=O) groups excluding carboxylic acids is 2. The summed E-state index contributed by atoms with van der Waals surface area (Å²) >= 11 is 0. The summed E-state index contributed by atoms with van der Waals surface area (Å²) in [6.45, 7) is 7.51. The zero-order valence-electron chi connectivity index (χ0n) is 16.2. The highest BCUT2D eigenvalue weighted by atomic mass is 16.2. The van der Waals surface area contributed by atoms with E-state index in [4.69, 9.17) is 0 Å². The minimum atomic E-state index is -0.275. The zero-order valence-corrected chi connectivity index (χ0v) is 16.2. The predicted molar refractivity (Wildman–Crippen MR) is 108 cm³/mol. The van der Waals surface area contributed by atoms with Gasteiger partial charge in [0.25, 0.3) is 0 Å². The number of amides is 2. The number of fused-ring (bicyclic) bond motifs is 1. The van der Waals surface area contributed by atoms with E-state index >= 15 is 0 Å². The van der Waals surface area contributed by atoms with Gasteiger partial charge in [0, 0.05) is 30.9 Å². The quantitative estimate of drug-likeness (QED) is 0.826. The van der Waals surface area contributed by atoms with Crippen molar-refractivity contribution < 1.29 is 9.59 Å². The Balaban J connectivity index is 1.60. The van der Waals surface area contributed by atoms with E-state index in [1.54, 1.807) is 0 Å². The van der Waals surface area contributed by atoms with Crippen LogP contribution in [0.4, 0.5) is 11.4 Å². The van der Waals surface area contributed by atoms with Gasteiger partial charge in [0.15, 0.2) is 0 Å². The highest BCUT2D eigenvalue weighted by molar-refractivity contribution is 6.05. The van der Waals surface area contributed by atoms with E-state index in [9.17, 15) is 9.59 Å². The zero-order chi connectivity index (χ0) is 19.1. The van der Waals surface area contributed by atoms with Crippen molar-refractivity contribution in [2.24, 2.45) is 5.92 Å². The summed E-state index contributed by atoms with van der Waals surface area (Å²) < 4.78 is 0. The van der Waals surface area contributed by atoms with Crippen LogP contribution in [-0.4, -0.2) is 24.9 Å². The Labute approximate surface area is 160 Å². The van der Waals surface area contributed by atoms with Crippen LogP contribution in [0.5, 0.6) is 0 Å². The topological polar surface area (TPSA) is 40.6 Å². The molecule has 27 heavy (non-hydrogen) atoms. The normalized spacial score (nSPS) is 19.1. The summed E-state index contributed by atoms with van der Waals surface area (Å²) in [5, 5.41) is 0. The lowest BCUT2D eigenvalue weighted by molar-refractivity contribution is -0.124. The van der Waals surface area contributed by atoms with Gasteiger partial charge in [0.05, 0.1) is 5.92 Å². The Hall–Kier alpha value is -2.62. The van der Waals surface area contributed by atoms with Crippen LogP contribution >= 0.6 is 0 Å². The summed E-state index contributed by atoms with van der Waals surface area (Å²) in [7, 11) is 0. The average Bonchev–Trinajstić information content (AvgIpc) is 3.24. The molecular formula is C23H26N2O2. The van der Waals surface area contributed by atoms with E-state index in [1.807, 2.05) is 47.1 Å². The van der Waals surface area contributed by atoms with Gasteiger partial charge in [0.2, 0.25) is 11.8 Å². The lowest BCUT2D eigenvalue weighted by Crippen LogP contribution is -2.36. The molecule has 2 aliphatic heterocycles. The molecule has 0 radical (unpaired) electrons. The molecule has 4 heteroatoms. The molecule has 0 spiro atoms. The van der Waals surface area contributed by atoms with Crippen molar-refractivity contribution in [2.45, 2.75) is 39.5 Å². The number of rotatable bonds is 3. The number of carbonyl (C=O) groups is 2. The highest BCUT2D eigenvalue weighted by Crippen LogP contribution is 2.36. The van der Waals surface area contributed by atoms with Gasteiger partial charge in [-0.1, -0.05) is 50.2 Å². The Morgan fingerprint density at radius 3 is 2.67 bits per heavy atom. The van der Waals surface area contributed by atoms with Crippen molar-refractivity contribution in [2.75, 3.05) is 22.9 Å². The minimum absolute atomic E-state index is 0.0528. The van der Waals surface area contributed by atoms with E-state index in [2.05, 4.69) is 26.0 Å². The fraction of sp³-hybridized carbons (Fsp3) is 0.391. The molecular weight excluding hydrogens is 336 g/mol. The first-order chi connectivity index (χ1) is 13.0. The summed E-state index contributed by atoms with van der Waals surface area (Å²) in [6.07, 6.45) is 1.19. The fourth-order valence-electron chi connectivity index (χ4n) is 4.39. The molecule has 0 N–H and O–H groups in total. The number of hydrogen-bond acceptors (Lipinski definition) is 2. The van der Waals surface area contributed by atoms with Crippen LogP contribution in [0.1, 0.15) is 42.9 Å². The van der Waals surface area contributed by atoms with Gasteiger partial charge >= 0.3 is 0 Å². The first kappa shape index (κ1) is 17.8. The second-order valence-electron chi connectivity index (χ2n) is 7.94. The summed E-state index contributed by atoms with van der Waals surface area (Å²) in [4.78, 5) is 29.7. The van der Waals surface area contributed by atoms with Crippen LogP contribution in [0.15, 0.2) is 42.5 Å². The maximum Gasteiger partial charge on any atom is 0.232 e. The SMILES string of the molecule is Cc1cccc(C(C)C)c1N1CC(C(=O)N2CCc3ccccc32)CC1=O. The van der Waals surface area contributed by atoms with E-state index < -0.39 is 0 Å². The van der Waals surface area contributed by atoms with Crippen LogP contribution in [-0.2, 0) is 16.0 Å². The van der Waals surface area contributed by atoms with Gasteiger partial charge in [-0.15, -0.1) is 0 Å². The van der Waals surface area contributed by atoms with Crippen molar-refractivity contribution in [3.8, 4) is 0 Å². The molecule has 1 unspecified atom stereocenters. The highest BCUT2D eigenvalue weighted by Gasteiger charge is 2.40. The van der Waals surface area contributed by atoms with Gasteiger partial charge < -0.3 is 9.80 Å². The molecule has 2 heterocycles. The number of benzene rings is 2. The van der Waals surface area contributed by atoms with Gasteiger partial charge in [-0.2, -0.15) is 0 Å². The third-order valence-corrected chi connectivity index (χ3v) is 5.79. The van der Waals surface area contributed by atoms with E-state index in [0.717, 1.165) is 23.4 Å². The number of aryl methyl sites for hydroxylation is 1. The van der Waals surface area contributed by atoms with Crippen LogP contribution in [0.3, 0.4) is 0 Å². The maximum absolute atomic E-state index is 13.2. The Kier molecular flexibility index (Phi) is 4.50. The van der Waals surface area contributed by atoms with Crippen LogP contribution in [0.2, 0.25) is 0 Å². The number of nitrogens with zero attached hydrogens (tertiary/aromatic N) is 2. The van der Waals surface area contributed by atoms with Gasteiger partial charge in [-0.25, -0.2) is 0 Å².